The lowest BCUT2D eigenvalue weighted by atomic mass is 10.5. The highest BCUT2D eigenvalue weighted by Crippen LogP contribution is 2.04. The number of hydrogen-bond donors (Lipinski definition) is 1. The van der Waals surface area contributed by atoms with Gasteiger partial charge in [0.05, 0.1) is 11.9 Å². The van der Waals surface area contributed by atoms with Crippen LogP contribution < -0.4 is 10.1 Å². The van der Waals surface area contributed by atoms with Crippen molar-refractivity contribution in [1.29, 1.82) is 0 Å². The predicted octanol–water partition coefficient (Wildman–Crippen LogP) is 0.0946. The summed E-state index contributed by atoms with van der Waals surface area (Å²) in [6.07, 6.45) is 4.54. The monoisotopic (exact) mass is 244 g/mol. The number of aromatic nitrogens is 1. The second-order valence-electron chi connectivity index (χ2n) is 3.42. The van der Waals surface area contributed by atoms with Crippen LogP contribution in [-0.4, -0.2) is 45.1 Å². The smallest absolute Gasteiger partial charge is 0.148 e. The molecule has 1 heterocycles. The average Bonchev–Trinajstić information content (AvgIpc) is 2.23. The lowest BCUT2D eigenvalue weighted by Crippen LogP contribution is -2.26. The number of pyridine rings is 1. The molecule has 90 valence electrons. The Kier molecular flexibility index (Phi) is 5.21. The Labute approximate surface area is 95.8 Å². The Balaban J connectivity index is 2.05. The second kappa shape index (κ2) is 6.44. The molecule has 6 heteroatoms. The fourth-order valence-electron chi connectivity index (χ4n) is 1.06. The van der Waals surface area contributed by atoms with Crippen LogP contribution in [0.3, 0.4) is 0 Å². The maximum Gasteiger partial charge on any atom is 0.148 e. The Morgan fingerprint density at radius 3 is 2.88 bits per heavy atom. The fraction of sp³-hybridized carbons (Fsp3) is 0.500. The molecule has 1 N–H and O–H groups in total. The van der Waals surface area contributed by atoms with Crippen LogP contribution in [0.1, 0.15) is 0 Å². The Bertz CT molecular complexity index is 392. The van der Waals surface area contributed by atoms with Gasteiger partial charge < -0.3 is 10.1 Å². The van der Waals surface area contributed by atoms with Crippen molar-refractivity contribution in [3.63, 3.8) is 0 Å². The van der Waals surface area contributed by atoms with Gasteiger partial charge in [0.1, 0.15) is 22.2 Å². The number of ether oxygens (including phenoxy) is 1. The number of nitrogens with one attached hydrogen (secondary N) is 1. The molecule has 0 saturated heterocycles. The molecule has 0 unspecified atom stereocenters. The van der Waals surface area contributed by atoms with E-state index >= 15 is 0 Å². The van der Waals surface area contributed by atoms with Crippen LogP contribution >= 0.6 is 0 Å². The fourth-order valence-corrected chi connectivity index (χ4v) is 1.57. The minimum absolute atomic E-state index is 0.153. The number of nitrogens with zero attached hydrogens (tertiary/aromatic N) is 1. The van der Waals surface area contributed by atoms with Gasteiger partial charge in [0.25, 0.3) is 0 Å². The molecule has 1 aromatic rings. The van der Waals surface area contributed by atoms with E-state index in [0.717, 1.165) is 0 Å². The molecule has 0 aromatic carbocycles. The number of sulfone groups is 1. The summed E-state index contributed by atoms with van der Waals surface area (Å²) in [6, 6.07) is 3.62. The van der Waals surface area contributed by atoms with E-state index in [4.69, 9.17) is 4.74 Å². The third kappa shape index (κ3) is 6.36. The maximum atomic E-state index is 10.8. The molecule has 1 rings (SSSR count). The van der Waals surface area contributed by atoms with Gasteiger partial charge >= 0.3 is 0 Å². The van der Waals surface area contributed by atoms with E-state index in [9.17, 15) is 8.42 Å². The predicted molar refractivity (Wildman–Crippen MR) is 62.3 cm³/mol. The van der Waals surface area contributed by atoms with Crippen LogP contribution in [0.25, 0.3) is 0 Å². The summed E-state index contributed by atoms with van der Waals surface area (Å²) in [5.41, 5.74) is 0. The van der Waals surface area contributed by atoms with E-state index in [2.05, 4.69) is 10.3 Å². The van der Waals surface area contributed by atoms with Crippen molar-refractivity contribution in [3.8, 4) is 5.75 Å². The normalized spacial score (nSPS) is 11.3. The van der Waals surface area contributed by atoms with Gasteiger partial charge in [-0.3, -0.25) is 4.98 Å². The molecular formula is C10H16N2O3S. The lowest BCUT2D eigenvalue weighted by Gasteiger charge is -2.06. The van der Waals surface area contributed by atoms with Crippen molar-refractivity contribution >= 4 is 9.84 Å². The van der Waals surface area contributed by atoms with Crippen LogP contribution in [-0.2, 0) is 9.84 Å². The van der Waals surface area contributed by atoms with E-state index in [1.165, 1.54) is 6.26 Å². The van der Waals surface area contributed by atoms with Crippen molar-refractivity contribution in [2.45, 2.75) is 0 Å². The first-order valence-corrected chi connectivity index (χ1v) is 7.05. The molecule has 5 nitrogen and oxygen atoms in total. The summed E-state index contributed by atoms with van der Waals surface area (Å²) in [7, 11) is -2.88. The SMILES string of the molecule is CS(=O)(=O)CCNCCOc1cccnc1. The van der Waals surface area contributed by atoms with Gasteiger partial charge in [-0.15, -0.1) is 0 Å². The molecule has 0 saturated carbocycles. The van der Waals surface area contributed by atoms with Crippen molar-refractivity contribution < 1.29 is 13.2 Å². The minimum atomic E-state index is -2.88. The highest BCUT2D eigenvalue weighted by atomic mass is 32.2. The van der Waals surface area contributed by atoms with Gasteiger partial charge in [-0.25, -0.2) is 8.42 Å². The summed E-state index contributed by atoms with van der Waals surface area (Å²) in [6.45, 7) is 1.56. The quantitative estimate of drug-likeness (QED) is 0.689. The molecule has 0 bridgehead atoms. The van der Waals surface area contributed by atoms with Gasteiger partial charge in [0.2, 0.25) is 0 Å². The lowest BCUT2D eigenvalue weighted by molar-refractivity contribution is 0.314. The summed E-state index contributed by atoms with van der Waals surface area (Å²) in [5.74, 6) is 0.868. The molecule has 0 aliphatic heterocycles. The minimum Gasteiger partial charge on any atom is -0.491 e. The molecule has 0 aliphatic rings. The zero-order valence-corrected chi connectivity index (χ0v) is 10.0. The van der Waals surface area contributed by atoms with Crippen LogP contribution in [0.5, 0.6) is 5.75 Å². The van der Waals surface area contributed by atoms with Crippen LogP contribution in [0.2, 0.25) is 0 Å². The summed E-state index contributed by atoms with van der Waals surface area (Å²) in [5, 5.41) is 2.99. The largest absolute Gasteiger partial charge is 0.491 e. The van der Waals surface area contributed by atoms with Gasteiger partial charge in [-0.05, 0) is 12.1 Å². The van der Waals surface area contributed by atoms with E-state index in [1.54, 1.807) is 18.5 Å². The molecule has 16 heavy (non-hydrogen) atoms. The van der Waals surface area contributed by atoms with E-state index in [1.807, 2.05) is 6.07 Å². The van der Waals surface area contributed by atoms with Crippen molar-refractivity contribution in [2.75, 3.05) is 31.7 Å². The van der Waals surface area contributed by atoms with E-state index < -0.39 is 9.84 Å². The second-order valence-corrected chi connectivity index (χ2v) is 5.68. The molecule has 0 radical (unpaired) electrons. The van der Waals surface area contributed by atoms with E-state index in [0.29, 0.717) is 25.4 Å². The average molecular weight is 244 g/mol. The van der Waals surface area contributed by atoms with Crippen molar-refractivity contribution in [1.82, 2.24) is 10.3 Å². The Hall–Kier alpha value is -1.14. The van der Waals surface area contributed by atoms with Crippen LogP contribution in [0.4, 0.5) is 0 Å². The topological polar surface area (TPSA) is 68.3 Å². The zero-order chi connectivity index (χ0) is 11.9. The number of hydrogen-bond acceptors (Lipinski definition) is 5. The molecule has 0 aliphatic carbocycles. The zero-order valence-electron chi connectivity index (χ0n) is 9.22. The first-order chi connectivity index (χ1) is 7.58. The number of rotatable bonds is 7. The first-order valence-electron chi connectivity index (χ1n) is 4.99. The molecule has 0 fully saturated rings. The van der Waals surface area contributed by atoms with E-state index in [-0.39, 0.29) is 5.75 Å². The molecule has 0 amide bonds. The maximum absolute atomic E-state index is 10.8. The van der Waals surface area contributed by atoms with Gasteiger partial charge in [0, 0.05) is 25.5 Å². The van der Waals surface area contributed by atoms with Crippen LogP contribution in [0.15, 0.2) is 24.5 Å². The summed E-state index contributed by atoms with van der Waals surface area (Å²) < 4.78 is 27.0. The highest BCUT2D eigenvalue weighted by molar-refractivity contribution is 7.90. The molecule has 0 spiro atoms. The van der Waals surface area contributed by atoms with Crippen LogP contribution in [0, 0.1) is 0 Å². The Morgan fingerprint density at radius 2 is 2.25 bits per heavy atom. The third-order valence-electron chi connectivity index (χ3n) is 1.83. The highest BCUT2D eigenvalue weighted by Gasteiger charge is 2.00. The first kappa shape index (κ1) is 12.9. The summed E-state index contributed by atoms with van der Waals surface area (Å²) >= 11 is 0. The van der Waals surface area contributed by atoms with Gasteiger partial charge in [-0.2, -0.15) is 0 Å². The Morgan fingerprint density at radius 1 is 1.44 bits per heavy atom. The van der Waals surface area contributed by atoms with Gasteiger partial charge in [-0.1, -0.05) is 0 Å². The molecular weight excluding hydrogens is 228 g/mol. The van der Waals surface area contributed by atoms with Crippen molar-refractivity contribution in [3.05, 3.63) is 24.5 Å². The van der Waals surface area contributed by atoms with Crippen molar-refractivity contribution in [2.24, 2.45) is 0 Å². The standard InChI is InChI=1S/C10H16N2O3S/c1-16(13,14)8-6-11-5-7-15-10-3-2-4-12-9-10/h2-4,9,11H,5-8H2,1H3. The molecule has 1 aromatic heterocycles. The third-order valence-corrected chi connectivity index (χ3v) is 2.78. The summed E-state index contributed by atoms with van der Waals surface area (Å²) in [4.78, 5) is 3.91. The molecule has 0 atom stereocenters. The van der Waals surface area contributed by atoms with Gasteiger partial charge in [0.15, 0.2) is 0 Å².